The van der Waals surface area contributed by atoms with Crippen LogP contribution in [-0.2, 0) is 17.7 Å². The number of amides is 2. The van der Waals surface area contributed by atoms with Crippen LogP contribution in [0, 0.1) is 0 Å². The largest absolute Gasteiger partial charge is 0.378 e. The summed E-state index contributed by atoms with van der Waals surface area (Å²) in [6, 6.07) is 0.0902. The van der Waals surface area contributed by atoms with E-state index in [1.807, 2.05) is 18.4 Å². The van der Waals surface area contributed by atoms with Gasteiger partial charge in [0.15, 0.2) is 5.82 Å². The molecule has 7 heteroatoms. The number of aromatic nitrogens is 2. The van der Waals surface area contributed by atoms with Crippen LogP contribution >= 0.6 is 0 Å². The van der Waals surface area contributed by atoms with Crippen LogP contribution in [0.5, 0.6) is 0 Å². The van der Waals surface area contributed by atoms with Crippen LogP contribution < -0.4 is 5.32 Å². The average Bonchev–Trinajstić information content (AvgIpc) is 3.01. The molecule has 2 aliphatic heterocycles. The highest BCUT2D eigenvalue weighted by atomic mass is 16.5. The minimum absolute atomic E-state index is 0.0773. The van der Waals surface area contributed by atoms with Crippen molar-refractivity contribution in [3.63, 3.8) is 0 Å². The van der Waals surface area contributed by atoms with E-state index in [-0.39, 0.29) is 17.9 Å². The number of morpholine rings is 1. The first-order valence-corrected chi connectivity index (χ1v) is 8.89. The molecule has 0 aliphatic carbocycles. The van der Waals surface area contributed by atoms with Crippen LogP contribution in [-0.4, -0.2) is 58.6 Å². The fourth-order valence-corrected chi connectivity index (χ4v) is 3.19. The number of imidazole rings is 1. The predicted molar refractivity (Wildman–Crippen MR) is 89.1 cm³/mol. The van der Waals surface area contributed by atoms with Gasteiger partial charge in [-0.3, -0.25) is 9.59 Å². The lowest BCUT2D eigenvalue weighted by molar-refractivity contribution is 0.0298. The molecule has 7 nitrogen and oxygen atoms in total. The highest BCUT2D eigenvalue weighted by molar-refractivity contribution is 5.97. The van der Waals surface area contributed by atoms with Gasteiger partial charge >= 0.3 is 0 Å². The van der Waals surface area contributed by atoms with Crippen LogP contribution in [0.2, 0.25) is 0 Å². The predicted octanol–water partition coefficient (Wildman–Crippen LogP) is 1.22. The normalized spacial score (nSPS) is 18.8. The van der Waals surface area contributed by atoms with E-state index in [1.165, 1.54) is 0 Å². The van der Waals surface area contributed by atoms with E-state index in [0.717, 1.165) is 37.9 Å². The molecular formula is C17H26N4O3. The molecule has 1 aromatic rings. The van der Waals surface area contributed by atoms with Gasteiger partial charge in [0.2, 0.25) is 0 Å². The van der Waals surface area contributed by atoms with Gasteiger partial charge in [-0.05, 0) is 32.6 Å². The van der Waals surface area contributed by atoms with E-state index in [2.05, 4.69) is 10.3 Å². The van der Waals surface area contributed by atoms with Gasteiger partial charge < -0.3 is 19.5 Å². The lowest BCUT2D eigenvalue weighted by Gasteiger charge is -2.26. The van der Waals surface area contributed by atoms with E-state index in [9.17, 15) is 9.59 Å². The lowest BCUT2D eigenvalue weighted by Crippen LogP contribution is -2.41. The Bertz CT molecular complexity index is 620. The van der Waals surface area contributed by atoms with Gasteiger partial charge in [0.1, 0.15) is 5.69 Å². The first-order valence-electron chi connectivity index (χ1n) is 8.89. The number of carbonyl (C=O) groups is 2. The third kappa shape index (κ3) is 3.31. The number of ether oxygens (including phenoxy) is 1. The van der Waals surface area contributed by atoms with Crippen LogP contribution in [0.4, 0.5) is 0 Å². The molecule has 2 amide bonds. The Morgan fingerprint density at radius 3 is 2.71 bits per heavy atom. The number of rotatable bonds is 4. The molecule has 0 radical (unpaired) electrons. The summed E-state index contributed by atoms with van der Waals surface area (Å²) >= 11 is 0. The molecule has 3 heterocycles. The van der Waals surface area contributed by atoms with E-state index >= 15 is 0 Å². The van der Waals surface area contributed by atoms with E-state index in [4.69, 9.17) is 4.74 Å². The number of hydrogen-bond donors (Lipinski definition) is 1. The first kappa shape index (κ1) is 17.0. The summed E-state index contributed by atoms with van der Waals surface area (Å²) in [6.45, 7) is 7.03. The summed E-state index contributed by atoms with van der Waals surface area (Å²) in [5.41, 5.74) is 1.36. The minimum atomic E-state index is -0.187. The maximum atomic E-state index is 12.8. The van der Waals surface area contributed by atoms with E-state index in [1.54, 1.807) is 4.90 Å². The molecule has 24 heavy (non-hydrogen) atoms. The maximum absolute atomic E-state index is 12.8. The summed E-state index contributed by atoms with van der Waals surface area (Å²) in [4.78, 5) is 31.7. The van der Waals surface area contributed by atoms with Crippen molar-refractivity contribution in [2.75, 3.05) is 26.3 Å². The second-order valence-electron chi connectivity index (χ2n) is 6.53. The molecule has 1 saturated heterocycles. The molecular weight excluding hydrogens is 308 g/mol. The number of nitrogens with zero attached hydrogens (tertiary/aromatic N) is 3. The zero-order valence-electron chi connectivity index (χ0n) is 14.5. The number of carbonyl (C=O) groups excluding carboxylic acids is 2. The average molecular weight is 334 g/mol. The zero-order valence-corrected chi connectivity index (χ0v) is 14.5. The first-order chi connectivity index (χ1) is 11.6. The van der Waals surface area contributed by atoms with Crippen molar-refractivity contribution in [3.8, 4) is 0 Å². The van der Waals surface area contributed by atoms with Gasteiger partial charge in [-0.2, -0.15) is 0 Å². The second kappa shape index (κ2) is 7.34. The van der Waals surface area contributed by atoms with E-state index < -0.39 is 0 Å². The molecule has 1 aromatic heterocycles. The van der Waals surface area contributed by atoms with Gasteiger partial charge in [-0.1, -0.05) is 6.92 Å². The Hall–Kier alpha value is -1.89. The standard InChI is InChI=1S/C17H26N4O3/c1-3-12(2)18-16(22)15-19-14(13-6-4-5-7-21(13)15)17(23)20-8-10-24-11-9-20/h12H,3-11H2,1-2H3,(H,18,22). The molecule has 1 N–H and O–H groups in total. The van der Waals surface area contributed by atoms with Gasteiger partial charge in [0, 0.05) is 25.7 Å². The lowest BCUT2D eigenvalue weighted by atomic mass is 10.1. The highest BCUT2D eigenvalue weighted by Crippen LogP contribution is 2.22. The molecule has 132 valence electrons. The molecule has 0 saturated carbocycles. The smallest absolute Gasteiger partial charge is 0.287 e. The van der Waals surface area contributed by atoms with Crippen molar-refractivity contribution in [2.45, 2.75) is 52.1 Å². The van der Waals surface area contributed by atoms with Crippen LogP contribution in [0.3, 0.4) is 0 Å². The summed E-state index contributed by atoms with van der Waals surface area (Å²) < 4.78 is 7.25. The quantitative estimate of drug-likeness (QED) is 0.898. The molecule has 2 aliphatic rings. The Morgan fingerprint density at radius 1 is 1.25 bits per heavy atom. The molecule has 0 spiro atoms. The van der Waals surface area contributed by atoms with Crippen LogP contribution in [0.1, 0.15) is 59.9 Å². The summed E-state index contributed by atoms with van der Waals surface area (Å²) in [5, 5.41) is 2.96. The van der Waals surface area contributed by atoms with Gasteiger partial charge in [-0.25, -0.2) is 4.98 Å². The molecule has 0 bridgehead atoms. The van der Waals surface area contributed by atoms with Crippen LogP contribution in [0.25, 0.3) is 0 Å². The van der Waals surface area contributed by atoms with Gasteiger partial charge in [0.25, 0.3) is 11.8 Å². The highest BCUT2D eigenvalue weighted by Gasteiger charge is 2.30. The summed E-state index contributed by atoms with van der Waals surface area (Å²) in [6.07, 6.45) is 3.70. The molecule has 1 atom stereocenters. The van der Waals surface area contributed by atoms with Crippen LogP contribution in [0.15, 0.2) is 0 Å². The fourth-order valence-electron chi connectivity index (χ4n) is 3.19. The van der Waals surface area contributed by atoms with Crippen molar-refractivity contribution >= 4 is 11.8 Å². The van der Waals surface area contributed by atoms with Crippen molar-refractivity contribution in [1.82, 2.24) is 19.8 Å². The van der Waals surface area contributed by atoms with Crippen molar-refractivity contribution in [3.05, 3.63) is 17.2 Å². The minimum Gasteiger partial charge on any atom is -0.378 e. The molecule has 1 unspecified atom stereocenters. The monoisotopic (exact) mass is 334 g/mol. The molecule has 1 fully saturated rings. The van der Waals surface area contributed by atoms with Crippen molar-refractivity contribution < 1.29 is 14.3 Å². The fraction of sp³-hybridized carbons (Fsp3) is 0.706. The maximum Gasteiger partial charge on any atom is 0.287 e. The third-order valence-corrected chi connectivity index (χ3v) is 4.81. The Balaban J connectivity index is 1.89. The second-order valence-corrected chi connectivity index (χ2v) is 6.53. The van der Waals surface area contributed by atoms with E-state index in [0.29, 0.717) is 37.8 Å². The summed E-state index contributed by atoms with van der Waals surface area (Å²) in [7, 11) is 0. The topological polar surface area (TPSA) is 76.5 Å². The zero-order chi connectivity index (χ0) is 17.1. The Labute approximate surface area is 142 Å². The van der Waals surface area contributed by atoms with Gasteiger partial charge in [0.05, 0.1) is 18.9 Å². The number of fused-ring (bicyclic) bond motifs is 1. The summed E-state index contributed by atoms with van der Waals surface area (Å²) in [5.74, 6) is 0.113. The molecule has 0 aromatic carbocycles. The Morgan fingerprint density at radius 2 is 2.00 bits per heavy atom. The Kier molecular flexibility index (Phi) is 5.18. The SMILES string of the molecule is CCC(C)NC(=O)c1nc(C(=O)N2CCOCC2)c2n1CCCC2. The van der Waals surface area contributed by atoms with Crippen molar-refractivity contribution in [2.24, 2.45) is 0 Å². The number of nitrogens with one attached hydrogen (secondary N) is 1. The van der Waals surface area contributed by atoms with Crippen molar-refractivity contribution in [1.29, 1.82) is 0 Å². The third-order valence-electron chi connectivity index (χ3n) is 4.81. The molecule has 3 rings (SSSR count). The number of hydrogen-bond acceptors (Lipinski definition) is 4. The van der Waals surface area contributed by atoms with Gasteiger partial charge in [-0.15, -0.1) is 0 Å².